The molecule has 15 heavy (non-hydrogen) atoms. The lowest BCUT2D eigenvalue weighted by Gasteiger charge is -2.28. The smallest absolute Gasteiger partial charge is 0.407 e. The molecule has 1 aliphatic heterocycles. The average Bonchev–Trinajstić information content (AvgIpc) is 2.26. The van der Waals surface area contributed by atoms with Crippen molar-refractivity contribution in [1.82, 2.24) is 10.6 Å². The molecule has 1 rings (SSSR count). The van der Waals surface area contributed by atoms with Gasteiger partial charge in [-0.1, -0.05) is 13.8 Å². The Labute approximate surface area is 91.8 Å². The molecule has 0 spiro atoms. The molecular weight excluding hydrogens is 192 g/mol. The summed E-state index contributed by atoms with van der Waals surface area (Å²) in [5.74, 6) is 0. The fraction of sp³-hybridized carbons (Fsp3) is 0.909. The molecule has 0 aliphatic carbocycles. The number of rotatable bonds is 1. The summed E-state index contributed by atoms with van der Waals surface area (Å²) in [5.41, 5.74) is -0.336. The third-order valence-electron chi connectivity index (χ3n) is 2.56. The van der Waals surface area contributed by atoms with Gasteiger partial charge in [-0.3, -0.25) is 0 Å². The quantitative estimate of drug-likeness (QED) is 0.695. The third kappa shape index (κ3) is 3.70. The van der Waals surface area contributed by atoms with E-state index in [1.54, 1.807) is 0 Å². The van der Waals surface area contributed by atoms with E-state index in [-0.39, 0.29) is 17.6 Å². The second-order valence-electron chi connectivity index (χ2n) is 5.82. The van der Waals surface area contributed by atoms with Crippen LogP contribution in [0.1, 0.15) is 34.6 Å². The van der Waals surface area contributed by atoms with Crippen molar-refractivity contribution in [2.45, 2.75) is 46.3 Å². The van der Waals surface area contributed by atoms with Gasteiger partial charge in [-0.25, -0.2) is 4.79 Å². The van der Waals surface area contributed by atoms with Gasteiger partial charge in [0.05, 0.1) is 6.04 Å². The molecule has 0 radical (unpaired) electrons. The minimum Gasteiger partial charge on any atom is -0.444 e. The van der Waals surface area contributed by atoms with Crippen LogP contribution in [0.2, 0.25) is 0 Å². The lowest BCUT2D eigenvalue weighted by Crippen LogP contribution is -2.46. The van der Waals surface area contributed by atoms with Gasteiger partial charge in [0.1, 0.15) is 5.60 Å². The van der Waals surface area contributed by atoms with Gasteiger partial charge in [-0.2, -0.15) is 0 Å². The summed E-state index contributed by atoms with van der Waals surface area (Å²) in [7, 11) is 0. The summed E-state index contributed by atoms with van der Waals surface area (Å²) < 4.78 is 5.22. The van der Waals surface area contributed by atoms with E-state index in [2.05, 4.69) is 24.5 Å². The van der Waals surface area contributed by atoms with Crippen molar-refractivity contribution in [3.05, 3.63) is 0 Å². The van der Waals surface area contributed by atoms with E-state index < -0.39 is 5.60 Å². The van der Waals surface area contributed by atoms with Crippen LogP contribution < -0.4 is 10.6 Å². The molecule has 1 unspecified atom stereocenters. The van der Waals surface area contributed by atoms with Crippen molar-refractivity contribution < 1.29 is 9.53 Å². The zero-order chi connectivity index (χ0) is 11.7. The van der Waals surface area contributed by atoms with Crippen LogP contribution in [-0.4, -0.2) is 30.8 Å². The van der Waals surface area contributed by atoms with Crippen LogP contribution in [0, 0.1) is 5.41 Å². The number of ether oxygens (including phenoxy) is 1. The molecule has 1 fully saturated rings. The highest BCUT2D eigenvalue weighted by Crippen LogP contribution is 2.24. The van der Waals surface area contributed by atoms with Crippen LogP contribution in [0.5, 0.6) is 0 Å². The lowest BCUT2D eigenvalue weighted by atomic mass is 9.88. The second-order valence-corrected chi connectivity index (χ2v) is 5.82. The minimum atomic E-state index is -0.430. The van der Waals surface area contributed by atoms with Crippen molar-refractivity contribution in [2.75, 3.05) is 13.1 Å². The van der Waals surface area contributed by atoms with Crippen LogP contribution in [0.4, 0.5) is 4.79 Å². The maximum Gasteiger partial charge on any atom is 0.407 e. The Kier molecular flexibility index (Phi) is 3.28. The Morgan fingerprint density at radius 1 is 1.47 bits per heavy atom. The molecule has 88 valence electrons. The summed E-state index contributed by atoms with van der Waals surface area (Å²) in [6.45, 7) is 11.6. The molecular formula is C11H22N2O2. The molecule has 4 nitrogen and oxygen atoms in total. The summed E-state index contributed by atoms with van der Waals surface area (Å²) in [6, 6.07) is 0.146. The largest absolute Gasteiger partial charge is 0.444 e. The molecule has 1 heterocycles. The topological polar surface area (TPSA) is 50.4 Å². The Bertz CT molecular complexity index is 243. The molecule has 1 amide bonds. The van der Waals surface area contributed by atoms with E-state index in [4.69, 9.17) is 4.74 Å². The Hall–Kier alpha value is -0.770. The van der Waals surface area contributed by atoms with Crippen LogP contribution in [0.15, 0.2) is 0 Å². The zero-order valence-electron chi connectivity index (χ0n) is 10.3. The Morgan fingerprint density at radius 2 is 2.07 bits per heavy atom. The molecule has 0 aromatic rings. The minimum absolute atomic E-state index is 0.0942. The number of hydrogen-bond acceptors (Lipinski definition) is 3. The van der Waals surface area contributed by atoms with Gasteiger partial charge in [0.2, 0.25) is 0 Å². The third-order valence-corrected chi connectivity index (χ3v) is 2.56. The van der Waals surface area contributed by atoms with Gasteiger partial charge < -0.3 is 15.4 Å². The first kappa shape index (κ1) is 12.3. The second kappa shape index (κ2) is 4.00. The van der Waals surface area contributed by atoms with Crippen molar-refractivity contribution >= 4 is 6.09 Å². The van der Waals surface area contributed by atoms with E-state index in [0.717, 1.165) is 13.1 Å². The number of carbonyl (C=O) groups excluding carboxylic acids is 1. The number of hydrogen-bond donors (Lipinski definition) is 2. The van der Waals surface area contributed by atoms with Crippen molar-refractivity contribution in [3.63, 3.8) is 0 Å². The zero-order valence-corrected chi connectivity index (χ0v) is 10.3. The fourth-order valence-electron chi connectivity index (χ4n) is 1.63. The van der Waals surface area contributed by atoms with Crippen LogP contribution in [0.25, 0.3) is 0 Å². The van der Waals surface area contributed by atoms with E-state index >= 15 is 0 Å². The van der Waals surface area contributed by atoms with Gasteiger partial charge >= 0.3 is 6.09 Å². The number of amides is 1. The highest BCUT2D eigenvalue weighted by molar-refractivity contribution is 5.68. The normalized spacial score (nSPS) is 25.0. The van der Waals surface area contributed by atoms with Gasteiger partial charge in [-0.15, -0.1) is 0 Å². The van der Waals surface area contributed by atoms with Crippen LogP contribution >= 0.6 is 0 Å². The molecule has 0 bridgehead atoms. The molecule has 2 N–H and O–H groups in total. The van der Waals surface area contributed by atoms with Crippen LogP contribution in [-0.2, 0) is 4.74 Å². The number of nitrogens with one attached hydrogen (secondary N) is 2. The summed E-state index contributed by atoms with van der Waals surface area (Å²) in [6.07, 6.45) is -0.329. The summed E-state index contributed by atoms with van der Waals surface area (Å²) in [5, 5.41) is 6.16. The van der Waals surface area contributed by atoms with Gasteiger partial charge in [0.25, 0.3) is 0 Å². The molecule has 0 saturated carbocycles. The van der Waals surface area contributed by atoms with Gasteiger partial charge in [0.15, 0.2) is 0 Å². The average molecular weight is 214 g/mol. The van der Waals surface area contributed by atoms with E-state index in [9.17, 15) is 4.79 Å². The first-order valence-electron chi connectivity index (χ1n) is 5.41. The molecule has 0 aromatic heterocycles. The Balaban J connectivity index is 2.45. The maximum atomic E-state index is 11.5. The van der Waals surface area contributed by atoms with Gasteiger partial charge in [-0.05, 0) is 26.2 Å². The first-order valence-corrected chi connectivity index (χ1v) is 5.41. The monoisotopic (exact) mass is 214 g/mol. The summed E-state index contributed by atoms with van der Waals surface area (Å²) >= 11 is 0. The maximum absolute atomic E-state index is 11.5. The SMILES string of the molecule is CC(C)(C)OC(=O)NC1CNCC1(C)C. The van der Waals surface area contributed by atoms with E-state index in [1.807, 2.05) is 20.8 Å². The fourth-order valence-corrected chi connectivity index (χ4v) is 1.63. The highest BCUT2D eigenvalue weighted by atomic mass is 16.6. The predicted molar refractivity (Wildman–Crippen MR) is 59.8 cm³/mol. The van der Waals surface area contributed by atoms with Gasteiger partial charge in [0, 0.05) is 13.1 Å². The number of carbonyl (C=O) groups is 1. The van der Waals surface area contributed by atoms with Crippen LogP contribution in [0.3, 0.4) is 0 Å². The predicted octanol–water partition coefficient (Wildman–Crippen LogP) is 1.51. The first-order chi connectivity index (χ1) is 6.71. The highest BCUT2D eigenvalue weighted by Gasteiger charge is 2.36. The van der Waals surface area contributed by atoms with Crippen molar-refractivity contribution in [3.8, 4) is 0 Å². The van der Waals surface area contributed by atoms with Crippen molar-refractivity contribution in [2.24, 2.45) is 5.41 Å². The molecule has 4 heteroatoms. The molecule has 1 aliphatic rings. The molecule has 1 atom stereocenters. The molecule has 1 saturated heterocycles. The number of alkyl carbamates (subject to hydrolysis) is 1. The molecule has 0 aromatic carbocycles. The van der Waals surface area contributed by atoms with E-state index in [1.165, 1.54) is 0 Å². The summed E-state index contributed by atoms with van der Waals surface area (Å²) in [4.78, 5) is 11.5. The standard InChI is InChI=1S/C11H22N2O2/c1-10(2,3)15-9(14)13-8-6-12-7-11(8,4)5/h8,12H,6-7H2,1-5H3,(H,13,14). The Morgan fingerprint density at radius 3 is 2.47 bits per heavy atom. The van der Waals surface area contributed by atoms with E-state index in [0.29, 0.717) is 0 Å². The van der Waals surface area contributed by atoms with Crippen molar-refractivity contribution in [1.29, 1.82) is 0 Å². The lowest BCUT2D eigenvalue weighted by molar-refractivity contribution is 0.0480.